The van der Waals surface area contributed by atoms with Crippen molar-refractivity contribution >= 4 is 27.8 Å². The van der Waals surface area contributed by atoms with E-state index in [4.69, 9.17) is 0 Å². The van der Waals surface area contributed by atoms with E-state index < -0.39 is 0 Å². The van der Waals surface area contributed by atoms with Crippen molar-refractivity contribution in [2.24, 2.45) is 0 Å². The fourth-order valence-electron chi connectivity index (χ4n) is 1.37. The Morgan fingerprint density at radius 1 is 1.06 bits per heavy atom. The lowest BCUT2D eigenvalue weighted by Gasteiger charge is -1.95. The van der Waals surface area contributed by atoms with E-state index in [1.807, 2.05) is 30.3 Å². The Balaban J connectivity index is 2.15. The lowest BCUT2D eigenvalue weighted by Crippen LogP contribution is -1.97. The van der Waals surface area contributed by atoms with Crippen LogP contribution in [0.5, 0.6) is 0 Å². The second-order valence-electron chi connectivity index (χ2n) is 3.45. The standard InChI is InChI=1S/C14H10BrNO/c15-14-8-4-7-12(16-14)13(17)10-9-11-5-2-1-3-6-11/h1-10H. The molecule has 0 spiro atoms. The summed E-state index contributed by atoms with van der Waals surface area (Å²) in [5, 5.41) is 0. The van der Waals surface area contributed by atoms with Gasteiger partial charge >= 0.3 is 0 Å². The van der Waals surface area contributed by atoms with Crippen LogP contribution in [-0.4, -0.2) is 10.8 Å². The molecule has 0 bridgehead atoms. The van der Waals surface area contributed by atoms with Crippen molar-refractivity contribution in [1.82, 2.24) is 4.98 Å². The number of carbonyl (C=O) groups is 1. The molecule has 0 fully saturated rings. The molecular weight excluding hydrogens is 278 g/mol. The molecule has 1 aromatic heterocycles. The summed E-state index contributed by atoms with van der Waals surface area (Å²) in [7, 11) is 0. The van der Waals surface area contributed by atoms with Gasteiger partial charge in [-0.15, -0.1) is 0 Å². The maximum Gasteiger partial charge on any atom is 0.204 e. The van der Waals surface area contributed by atoms with Crippen LogP contribution in [0.25, 0.3) is 6.08 Å². The average molecular weight is 288 g/mol. The predicted octanol–water partition coefficient (Wildman–Crippen LogP) is 3.74. The number of benzene rings is 1. The highest BCUT2D eigenvalue weighted by molar-refractivity contribution is 9.10. The summed E-state index contributed by atoms with van der Waals surface area (Å²) < 4.78 is 0.663. The van der Waals surface area contributed by atoms with Crippen LogP contribution < -0.4 is 0 Å². The molecule has 2 rings (SSSR count). The number of aromatic nitrogens is 1. The lowest BCUT2D eigenvalue weighted by atomic mass is 10.1. The summed E-state index contributed by atoms with van der Waals surface area (Å²) in [6.07, 6.45) is 3.31. The van der Waals surface area contributed by atoms with Gasteiger partial charge in [-0.25, -0.2) is 4.98 Å². The zero-order chi connectivity index (χ0) is 12.1. The van der Waals surface area contributed by atoms with Gasteiger partial charge in [0.1, 0.15) is 10.3 Å². The van der Waals surface area contributed by atoms with Gasteiger partial charge in [0, 0.05) is 0 Å². The van der Waals surface area contributed by atoms with Crippen molar-refractivity contribution in [3.8, 4) is 0 Å². The van der Waals surface area contributed by atoms with Crippen LogP contribution in [0.2, 0.25) is 0 Å². The molecule has 1 aromatic carbocycles. The van der Waals surface area contributed by atoms with E-state index in [0.29, 0.717) is 10.3 Å². The van der Waals surface area contributed by atoms with Crippen molar-refractivity contribution in [1.29, 1.82) is 0 Å². The van der Waals surface area contributed by atoms with E-state index in [0.717, 1.165) is 5.56 Å². The Hall–Kier alpha value is -1.74. The number of hydrogen-bond acceptors (Lipinski definition) is 2. The van der Waals surface area contributed by atoms with E-state index >= 15 is 0 Å². The van der Waals surface area contributed by atoms with Crippen molar-refractivity contribution in [2.45, 2.75) is 0 Å². The van der Waals surface area contributed by atoms with Crippen LogP contribution in [0, 0.1) is 0 Å². The van der Waals surface area contributed by atoms with Crippen LogP contribution >= 0.6 is 15.9 Å². The highest BCUT2D eigenvalue weighted by Gasteiger charge is 2.02. The number of pyridine rings is 1. The molecule has 0 aliphatic heterocycles. The topological polar surface area (TPSA) is 30.0 Å². The number of nitrogens with zero attached hydrogens (tertiary/aromatic N) is 1. The smallest absolute Gasteiger partial charge is 0.204 e. The number of hydrogen-bond donors (Lipinski definition) is 0. The number of allylic oxidation sites excluding steroid dienone is 1. The van der Waals surface area contributed by atoms with Crippen molar-refractivity contribution in [3.05, 3.63) is 70.5 Å². The van der Waals surface area contributed by atoms with E-state index in [2.05, 4.69) is 20.9 Å². The summed E-state index contributed by atoms with van der Waals surface area (Å²) >= 11 is 3.24. The molecule has 1 heterocycles. The van der Waals surface area contributed by atoms with Gasteiger partial charge < -0.3 is 0 Å². The van der Waals surface area contributed by atoms with E-state index in [9.17, 15) is 4.79 Å². The van der Waals surface area contributed by atoms with Crippen molar-refractivity contribution in [3.63, 3.8) is 0 Å². The number of rotatable bonds is 3. The Bertz CT molecular complexity index is 549. The van der Waals surface area contributed by atoms with Crippen LogP contribution in [0.1, 0.15) is 16.1 Å². The Kier molecular flexibility index (Phi) is 3.83. The molecule has 0 saturated carbocycles. The first-order valence-corrected chi connectivity index (χ1v) is 5.95. The molecule has 0 saturated heterocycles. The first kappa shape index (κ1) is 11.7. The van der Waals surface area contributed by atoms with Gasteiger partial charge in [-0.2, -0.15) is 0 Å². The lowest BCUT2D eigenvalue weighted by molar-refractivity contribution is 0.104. The minimum Gasteiger partial charge on any atom is -0.288 e. The zero-order valence-electron chi connectivity index (χ0n) is 9.01. The fraction of sp³-hybridized carbons (Fsp3) is 0. The molecule has 0 aliphatic carbocycles. The second kappa shape index (κ2) is 5.55. The minimum atomic E-state index is -0.102. The maximum atomic E-state index is 11.8. The van der Waals surface area contributed by atoms with Gasteiger partial charge in [0.25, 0.3) is 0 Å². The molecule has 2 nitrogen and oxygen atoms in total. The molecule has 84 valence electrons. The Morgan fingerprint density at radius 2 is 1.82 bits per heavy atom. The predicted molar refractivity (Wildman–Crippen MR) is 71.7 cm³/mol. The Morgan fingerprint density at radius 3 is 2.53 bits per heavy atom. The number of carbonyl (C=O) groups excluding carboxylic acids is 1. The van der Waals surface area contributed by atoms with Crippen LogP contribution in [0.15, 0.2) is 59.2 Å². The number of ketones is 1. The molecular formula is C14H10BrNO. The summed E-state index contributed by atoms with van der Waals surface area (Å²) in [5.41, 5.74) is 1.43. The molecule has 0 atom stereocenters. The SMILES string of the molecule is O=C(C=Cc1ccccc1)c1cccc(Br)n1. The van der Waals surface area contributed by atoms with Crippen molar-refractivity contribution < 1.29 is 4.79 Å². The van der Waals surface area contributed by atoms with Crippen LogP contribution in [0.4, 0.5) is 0 Å². The zero-order valence-corrected chi connectivity index (χ0v) is 10.6. The Labute approximate surface area is 108 Å². The van der Waals surface area contributed by atoms with E-state index in [-0.39, 0.29) is 5.78 Å². The minimum absolute atomic E-state index is 0.102. The van der Waals surface area contributed by atoms with Gasteiger partial charge in [-0.05, 0) is 39.7 Å². The molecule has 0 aliphatic rings. The highest BCUT2D eigenvalue weighted by Crippen LogP contribution is 2.08. The van der Waals surface area contributed by atoms with Gasteiger partial charge in [0.15, 0.2) is 0 Å². The maximum absolute atomic E-state index is 11.8. The summed E-state index contributed by atoms with van der Waals surface area (Å²) in [5.74, 6) is -0.102. The van der Waals surface area contributed by atoms with E-state index in [1.54, 1.807) is 24.3 Å². The molecule has 0 N–H and O–H groups in total. The molecule has 3 heteroatoms. The first-order valence-electron chi connectivity index (χ1n) is 5.16. The summed E-state index contributed by atoms with van der Waals surface area (Å²) in [6.45, 7) is 0. The molecule has 0 unspecified atom stereocenters. The number of halogens is 1. The highest BCUT2D eigenvalue weighted by atomic mass is 79.9. The van der Waals surface area contributed by atoms with E-state index in [1.165, 1.54) is 6.08 Å². The molecule has 0 amide bonds. The van der Waals surface area contributed by atoms with Gasteiger partial charge in [0.2, 0.25) is 5.78 Å². The van der Waals surface area contributed by atoms with Crippen molar-refractivity contribution in [2.75, 3.05) is 0 Å². The third-order valence-electron chi connectivity index (χ3n) is 2.19. The fourth-order valence-corrected chi connectivity index (χ4v) is 1.71. The van der Waals surface area contributed by atoms with Gasteiger partial charge in [0.05, 0.1) is 0 Å². The molecule has 2 aromatic rings. The largest absolute Gasteiger partial charge is 0.288 e. The summed E-state index contributed by atoms with van der Waals surface area (Å²) in [6, 6.07) is 15.0. The van der Waals surface area contributed by atoms with Crippen LogP contribution in [-0.2, 0) is 0 Å². The first-order chi connectivity index (χ1) is 8.25. The monoisotopic (exact) mass is 287 g/mol. The second-order valence-corrected chi connectivity index (χ2v) is 4.27. The van der Waals surface area contributed by atoms with Gasteiger partial charge in [-0.3, -0.25) is 4.79 Å². The molecule has 17 heavy (non-hydrogen) atoms. The average Bonchev–Trinajstić information content (AvgIpc) is 2.37. The normalized spacial score (nSPS) is 10.6. The van der Waals surface area contributed by atoms with Crippen LogP contribution in [0.3, 0.4) is 0 Å². The quantitative estimate of drug-likeness (QED) is 0.489. The molecule has 0 radical (unpaired) electrons. The third-order valence-corrected chi connectivity index (χ3v) is 2.64. The summed E-state index contributed by atoms with van der Waals surface area (Å²) in [4.78, 5) is 15.9. The third kappa shape index (κ3) is 3.36. The van der Waals surface area contributed by atoms with Gasteiger partial charge in [-0.1, -0.05) is 42.5 Å².